The normalized spacial score (nSPS) is 19.8. The smallest absolute Gasteiger partial charge is 0.220 e. The Balaban J connectivity index is 1.70. The Morgan fingerprint density at radius 1 is 1.25 bits per heavy atom. The van der Waals surface area contributed by atoms with E-state index in [1.54, 1.807) is 6.20 Å². The van der Waals surface area contributed by atoms with E-state index in [2.05, 4.69) is 48.4 Å². The van der Waals surface area contributed by atoms with Crippen molar-refractivity contribution >= 4 is 5.91 Å². The summed E-state index contributed by atoms with van der Waals surface area (Å²) in [7, 11) is 0. The van der Waals surface area contributed by atoms with Gasteiger partial charge in [-0.2, -0.15) is 0 Å². The lowest BCUT2D eigenvalue weighted by atomic mass is 9.74. The molecule has 1 aromatic heterocycles. The molecule has 0 aliphatic heterocycles. The van der Waals surface area contributed by atoms with Crippen LogP contribution >= 0.6 is 0 Å². The third-order valence-electron chi connectivity index (χ3n) is 5.10. The molecule has 1 heterocycles. The third-order valence-corrected chi connectivity index (χ3v) is 5.10. The number of aromatic nitrogens is 1. The number of hydrogen-bond donors (Lipinski definition) is 1. The molecule has 0 radical (unpaired) electrons. The Morgan fingerprint density at radius 3 is 2.83 bits per heavy atom. The molecule has 0 saturated carbocycles. The number of amides is 1. The van der Waals surface area contributed by atoms with Gasteiger partial charge < -0.3 is 5.32 Å². The van der Waals surface area contributed by atoms with E-state index in [1.165, 1.54) is 11.1 Å². The van der Waals surface area contributed by atoms with Crippen LogP contribution in [0.4, 0.5) is 0 Å². The summed E-state index contributed by atoms with van der Waals surface area (Å²) in [4.78, 5) is 16.6. The highest BCUT2D eigenvalue weighted by Crippen LogP contribution is 2.38. The monoisotopic (exact) mass is 322 g/mol. The summed E-state index contributed by atoms with van der Waals surface area (Å²) < 4.78 is 0. The molecule has 2 aromatic rings. The molecule has 126 valence electrons. The van der Waals surface area contributed by atoms with Gasteiger partial charge in [0.2, 0.25) is 5.91 Å². The lowest BCUT2D eigenvalue weighted by Gasteiger charge is -2.36. The van der Waals surface area contributed by atoms with E-state index in [0.717, 1.165) is 24.8 Å². The fraction of sp³-hybridized carbons (Fsp3) is 0.429. The molecule has 0 bridgehead atoms. The molecule has 0 unspecified atom stereocenters. The molecule has 24 heavy (non-hydrogen) atoms. The standard InChI is InChI=1S/C21H26N2O/c1-15(2)18-11-10-17-7-3-4-8-19(17)21(18)23-20(24)12-9-16-6-5-13-22-14-16/h3-8,13-15,18,21H,9-12H2,1-2H3,(H,23,24)/t18-,21-/m0/s1. The van der Waals surface area contributed by atoms with Gasteiger partial charge in [-0.05, 0) is 53.9 Å². The SMILES string of the molecule is CC(C)[C@@H]1CCc2ccccc2[C@H]1NC(=O)CCc1cccnc1. The van der Waals surface area contributed by atoms with Crippen LogP contribution in [0.25, 0.3) is 0 Å². The van der Waals surface area contributed by atoms with Gasteiger partial charge >= 0.3 is 0 Å². The quantitative estimate of drug-likeness (QED) is 0.901. The number of carbonyl (C=O) groups excluding carboxylic acids is 1. The van der Waals surface area contributed by atoms with Crippen LogP contribution in [-0.4, -0.2) is 10.9 Å². The maximum absolute atomic E-state index is 12.5. The van der Waals surface area contributed by atoms with E-state index in [4.69, 9.17) is 0 Å². The van der Waals surface area contributed by atoms with Gasteiger partial charge in [-0.3, -0.25) is 9.78 Å². The van der Waals surface area contributed by atoms with Gasteiger partial charge in [0.05, 0.1) is 6.04 Å². The van der Waals surface area contributed by atoms with Gasteiger partial charge in [-0.15, -0.1) is 0 Å². The van der Waals surface area contributed by atoms with Crippen molar-refractivity contribution in [3.63, 3.8) is 0 Å². The Hall–Kier alpha value is -2.16. The number of fused-ring (bicyclic) bond motifs is 1. The minimum absolute atomic E-state index is 0.131. The number of nitrogens with zero attached hydrogens (tertiary/aromatic N) is 1. The average Bonchev–Trinajstić information content (AvgIpc) is 2.61. The van der Waals surface area contributed by atoms with Gasteiger partial charge in [0.15, 0.2) is 0 Å². The van der Waals surface area contributed by atoms with E-state index < -0.39 is 0 Å². The zero-order valence-electron chi connectivity index (χ0n) is 14.5. The molecule has 0 saturated heterocycles. The number of benzene rings is 1. The van der Waals surface area contributed by atoms with E-state index in [9.17, 15) is 4.79 Å². The highest BCUT2D eigenvalue weighted by Gasteiger charge is 2.32. The van der Waals surface area contributed by atoms with Crippen molar-refractivity contribution in [2.75, 3.05) is 0 Å². The lowest BCUT2D eigenvalue weighted by molar-refractivity contribution is -0.122. The van der Waals surface area contributed by atoms with Gasteiger partial charge in [0.25, 0.3) is 0 Å². The maximum atomic E-state index is 12.5. The molecule has 0 fully saturated rings. The molecule has 1 N–H and O–H groups in total. The number of aryl methyl sites for hydroxylation is 2. The van der Waals surface area contributed by atoms with Crippen LogP contribution in [0.2, 0.25) is 0 Å². The number of hydrogen-bond acceptors (Lipinski definition) is 2. The second-order valence-electron chi connectivity index (χ2n) is 7.05. The zero-order valence-corrected chi connectivity index (χ0v) is 14.5. The van der Waals surface area contributed by atoms with Crippen LogP contribution in [0, 0.1) is 11.8 Å². The first kappa shape index (κ1) is 16.7. The molecule has 3 rings (SSSR count). The topological polar surface area (TPSA) is 42.0 Å². The largest absolute Gasteiger partial charge is 0.349 e. The molecule has 1 aliphatic rings. The second kappa shape index (κ2) is 7.61. The summed E-state index contributed by atoms with van der Waals surface area (Å²) in [6.07, 6.45) is 7.09. The summed E-state index contributed by atoms with van der Waals surface area (Å²) >= 11 is 0. The first-order valence-electron chi connectivity index (χ1n) is 8.91. The van der Waals surface area contributed by atoms with Gasteiger partial charge in [0.1, 0.15) is 0 Å². The predicted octanol–water partition coefficient (Wildman–Crippen LogP) is 4.09. The Morgan fingerprint density at radius 2 is 2.08 bits per heavy atom. The Bertz CT molecular complexity index is 681. The minimum atomic E-state index is 0.131. The van der Waals surface area contributed by atoms with Crippen molar-refractivity contribution in [2.45, 2.75) is 45.6 Å². The number of carbonyl (C=O) groups is 1. The predicted molar refractivity (Wildman–Crippen MR) is 96.5 cm³/mol. The fourth-order valence-electron chi connectivity index (χ4n) is 3.74. The molecule has 1 amide bonds. The highest BCUT2D eigenvalue weighted by atomic mass is 16.1. The van der Waals surface area contributed by atoms with Crippen molar-refractivity contribution in [3.8, 4) is 0 Å². The first-order valence-corrected chi connectivity index (χ1v) is 8.91. The fourth-order valence-corrected chi connectivity index (χ4v) is 3.74. The molecular weight excluding hydrogens is 296 g/mol. The van der Waals surface area contributed by atoms with Crippen LogP contribution in [-0.2, 0) is 17.6 Å². The molecule has 3 nitrogen and oxygen atoms in total. The van der Waals surface area contributed by atoms with Crippen molar-refractivity contribution in [1.82, 2.24) is 10.3 Å². The van der Waals surface area contributed by atoms with Gasteiger partial charge in [-0.25, -0.2) is 0 Å². The van der Waals surface area contributed by atoms with Crippen molar-refractivity contribution in [2.24, 2.45) is 11.8 Å². The van der Waals surface area contributed by atoms with Crippen LogP contribution < -0.4 is 5.32 Å². The van der Waals surface area contributed by atoms with Crippen molar-refractivity contribution < 1.29 is 4.79 Å². The second-order valence-corrected chi connectivity index (χ2v) is 7.05. The van der Waals surface area contributed by atoms with E-state index in [1.807, 2.05) is 18.3 Å². The van der Waals surface area contributed by atoms with E-state index >= 15 is 0 Å². The van der Waals surface area contributed by atoms with Crippen molar-refractivity contribution in [1.29, 1.82) is 0 Å². The van der Waals surface area contributed by atoms with E-state index in [-0.39, 0.29) is 11.9 Å². The van der Waals surface area contributed by atoms with E-state index in [0.29, 0.717) is 18.3 Å². The van der Waals surface area contributed by atoms with Crippen LogP contribution in [0.5, 0.6) is 0 Å². The molecule has 0 spiro atoms. The number of rotatable bonds is 5. The molecule has 1 aliphatic carbocycles. The molecule has 1 aromatic carbocycles. The van der Waals surface area contributed by atoms with Crippen LogP contribution in [0.15, 0.2) is 48.8 Å². The molecule has 3 heteroatoms. The lowest BCUT2D eigenvalue weighted by Crippen LogP contribution is -2.38. The number of pyridine rings is 1. The summed E-state index contributed by atoms with van der Waals surface area (Å²) in [6, 6.07) is 12.6. The third kappa shape index (κ3) is 3.84. The summed E-state index contributed by atoms with van der Waals surface area (Å²) in [5.41, 5.74) is 3.79. The summed E-state index contributed by atoms with van der Waals surface area (Å²) in [5, 5.41) is 3.32. The van der Waals surface area contributed by atoms with Crippen LogP contribution in [0.1, 0.15) is 49.4 Å². The minimum Gasteiger partial charge on any atom is -0.349 e. The maximum Gasteiger partial charge on any atom is 0.220 e. The highest BCUT2D eigenvalue weighted by molar-refractivity contribution is 5.76. The van der Waals surface area contributed by atoms with Gasteiger partial charge in [-0.1, -0.05) is 44.2 Å². The number of nitrogens with one attached hydrogen (secondary N) is 1. The summed E-state index contributed by atoms with van der Waals surface area (Å²) in [6.45, 7) is 4.51. The molecule has 2 atom stereocenters. The summed E-state index contributed by atoms with van der Waals surface area (Å²) in [5.74, 6) is 1.19. The van der Waals surface area contributed by atoms with Gasteiger partial charge in [0, 0.05) is 18.8 Å². The Kier molecular flexibility index (Phi) is 5.29. The van der Waals surface area contributed by atoms with Crippen LogP contribution in [0.3, 0.4) is 0 Å². The molecular formula is C21H26N2O. The zero-order chi connectivity index (χ0) is 16.9. The van der Waals surface area contributed by atoms with Crippen molar-refractivity contribution in [3.05, 3.63) is 65.5 Å². The first-order chi connectivity index (χ1) is 11.6. The Labute approximate surface area is 144 Å². The average molecular weight is 322 g/mol.